The number of hydrogen-bond donors (Lipinski definition) is 1. The van der Waals surface area contributed by atoms with E-state index < -0.39 is 0 Å². The lowest BCUT2D eigenvalue weighted by molar-refractivity contribution is -0.132. The predicted molar refractivity (Wildman–Crippen MR) is 91.1 cm³/mol. The second-order valence-corrected chi connectivity index (χ2v) is 6.53. The van der Waals surface area contributed by atoms with Crippen LogP contribution in [0.25, 0.3) is 0 Å². The molecule has 4 heteroatoms. The largest absolute Gasteiger partial charge is 0.397 e. The molecule has 1 aromatic carbocycles. The zero-order chi connectivity index (χ0) is 15.4. The lowest BCUT2D eigenvalue weighted by Crippen LogP contribution is -2.35. The zero-order valence-electron chi connectivity index (χ0n) is 13.4. The quantitative estimate of drug-likeness (QED) is 0.870. The van der Waals surface area contributed by atoms with Crippen LogP contribution in [-0.4, -0.2) is 37.0 Å². The molecule has 1 aromatic rings. The summed E-state index contributed by atoms with van der Waals surface area (Å²) in [7, 11) is 0. The van der Waals surface area contributed by atoms with Gasteiger partial charge in [0.15, 0.2) is 0 Å². The van der Waals surface area contributed by atoms with E-state index in [1.165, 1.54) is 24.8 Å². The second kappa shape index (κ2) is 7.03. The van der Waals surface area contributed by atoms with Gasteiger partial charge >= 0.3 is 0 Å². The minimum Gasteiger partial charge on any atom is -0.397 e. The van der Waals surface area contributed by atoms with E-state index >= 15 is 0 Å². The molecule has 0 radical (unpaired) electrons. The Morgan fingerprint density at radius 1 is 1.00 bits per heavy atom. The van der Waals surface area contributed by atoms with E-state index in [9.17, 15) is 4.79 Å². The van der Waals surface area contributed by atoms with Crippen LogP contribution in [0.15, 0.2) is 18.2 Å². The van der Waals surface area contributed by atoms with Crippen LogP contribution in [0.1, 0.15) is 44.1 Å². The van der Waals surface area contributed by atoms with Crippen molar-refractivity contribution in [3.8, 4) is 0 Å². The highest BCUT2D eigenvalue weighted by Crippen LogP contribution is 2.28. The van der Waals surface area contributed by atoms with Crippen LogP contribution in [0.4, 0.5) is 11.4 Å². The van der Waals surface area contributed by atoms with E-state index in [2.05, 4.69) is 23.1 Å². The van der Waals surface area contributed by atoms with Crippen LogP contribution >= 0.6 is 0 Å². The Bertz CT molecular complexity index is 517. The fourth-order valence-electron chi connectivity index (χ4n) is 3.56. The molecule has 120 valence electrons. The van der Waals surface area contributed by atoms with Gasteiger partial charge in [0.2, 0.25) is 5.91 Å². The fraction of sp³-hybridized carbons (Fsp3) is 0.611. The van der Waals surface area contributed by atoms with E-state index in [1.54, 1.807) is 0 Å². The van der Waals surface area contributed by atoms with Gasteiger partial charge in [0.05, 0.1) is 11.4 Å². The number of aryl methyl sites for hydroxylation is 1. The van der Waals surface area contributed by atoms with Crippen molar-refractivity contribution < 1.29 is 4.79 Å². The molecule has 1 amide bonds. The second-order valence-electron chi connectivity index (χ2n) is 6.53. The molecule has 2 N–H and O–H groups in total. The van der Waals surface area contributed by atoms with Gasteiger partial charge in [-0.1, -0.05) is 6.07 Å². The minimum atomic E-state index is 0.293. The van der Waals surface area contributed by atoms with Crippen molar-refractivity contribution in [1.29, 1.82) is 0 Å². The first-order chi connectivity index (χ1) is 10.7. The number of hydrogen-bond acceptors (Lipinski definition) is 3. The smallest absolute Gasteiger partial charge is 0.222 e. The van der Waals surface area contributed by atoms with Gasteiger partial charge in [0, 0.05) is 32.6 Å². The summed E-state index contributed by atoms with van der Waals surface area (Å²) in [5.74, 6) is 0.293. The highest BCUT2D eigenvalue weighted by Gasteiger charge is 2.17. The van der Waals surface area contributed by atoms with E-state index in [4.69, 9.17) is 5.73 Å². The Balaban J connectivity index is 1.56. The average molecular weight is 301 g/mol. The van der Waals surface area contributed by atoms with Crippen molar-refractivity contribution in [1.82, 2.24) is 4.90 Å². The first-order valence-electron chi connectivity index (χ1n) is 8.65. The van der Waals surface area contributed by atoms with Crippen LogP contribution in [0.2, 0.25) is 0 Å². The predicted octanol–water partition coefficient (Wildman–Crippen LogP) is 2.81. The number of benzene rings is 1. The topological polar surface area (TPSA) is 49.6 Å². The summed E-state index contributed by atoms with van der Waals surface area (Å²) in [6.45, 7) is 4.09. The third-order valence-electron chi connectivity index (χ3n) is 4.88. The monoisotopic (exact) mass is 301 g/mol. The van der Waals surface area contributed by atoms with Crippen molar-refractivity contribution in [2.45, 2.75) is 44.9 Å². The summed E-state index contributed by atoms with van der Waals surface area (Å²) in [5.41, 5.74) is 9.39. The molecule has 0 aliphatic carbocycles. The van der Waals surface area contributed by atoms with Crippen molar-refractivity contribution in [3.05, 3.63) is 23.8 Å². The summed E-state index contributed by atoms with van der Waals surface area (Å²) in [5, 5.41) is 0. The number of amides is 1. The molecule has 0 aromatic heterocycles. The standard InChI is InChI=1S/C18H27N3O/c19-16-14-15(6-8-17(16)20-10-4-5-11-20)7-9-18(22)21-12-2-1-3-13-21/h6,8,14H,1-5,7,9-13,19H2. The number of carbonyl (C=O) groups is 1. The van der Waals surface area contributed by atoms with Gasteiger partial charge in [-0.3, -0.25) is 4.79 Å². The highest BCUT2D eigenvalue weighted by molar-refractivity contribution is 5.77. The van der Waals surface area contributed by atoms with Crippen molar-refractivity contribution in [3.63, 3.8) is 0 Å². The van der Waals surface area contributed by atoms with Gasteiger partial charge in [0.1, 0.15) is 0 Å². The number of anilines is 2. The molecule has 2 aliphatic heterocycles. The number of nitrogen functional groups attached to an aromatic ring is 1. The third kappa shape index (κ3) is 3.54. The van der Waals surface area contributed by atoms with Gasteiger partial charge < -0.3 is 15.5 Å². The maximum absolute atomic E-state index is 12.2. The number of rotatable bonds is 4. The summed E-state index contributed by atoms with van der Waals surface area (Å²) >= 11 is 0. The molecule has 2 saturated heterocycles. The van der Waals surface area contributed by atoms with Crippen LogP contribution in [0.3, 0.4) is 0 Å². The normalized spacial score (nSPS) is 18.7. The molecule has 0 unspecified atom stereocenters. The average Bonchev–Trinajstić information content (AvgIpc) is 3.07. The molecule has 2 fully saturated rings. The molecule has 2 aliphatic rings. The molecule has 2 heterocycles. The van der Waals surface area contributed by atoms with Crippen LogP contribution in [0, 0.1) is 0 Å². The Labute approximate surface area is 133 Å². The van der Waals surface area contributed by atoms with Gasteiger partial charge in [0.25, 0.3) is 0 Å². The molecule has 4 nitrogen and oxygen atoms in total. The maximum Gasteiger partial charge on any atom is 0.222 e. The summed E-state index contributed by atoms with van der Waals surface area (Å²) in [6.07, 6.45) is 7.48. The van der Waals surface area contributed by atoms with Crippen LogP contribution in [-0.2, 0) is 11.2 Å². The molecular formula is C18H27N3O. The number of likely N-dealkylation sites (tertiary alicyclic amines) is 1. The Morgan fingerprint density at radius 2 is 1.68 bits per heavy atom. The number of nitrogens with two attached hydrogens (primary N) is 1. The van der Waals surface area contributed by atoms with E-state index in [0.717, 1.165) is 56.8 Å². The SMILES string of the molecule is Nc1cc(CCC(=O)N2CCCCC2)ccc1N1CCCC1. The van der Waals surface area contributed by atoms with Gasteiger partial charge in [-0.05, 0) is 56.2 Å². The zero-order valence-corrected chi connectivity index (χ0v) is 13.4. The van der Waals surface area contributed by atoms with Crippen molar-refractivity contribution >= 4 is 17.3 Å². The molecule has 0 saturated carbocycles. The van der Waals surface area contributed by atoms with Crippen LogP contribution in [0.5, 0.6) is 0 Å². The summed E-state index contributed by atoms with van der Waals surface area (Å²) in [4.78, 5) is 16.6. The van der Waals surface area contributed by atoms with E-state index in [-0.39, 0.29) is 0 Å². The molecule has 22 heavy (non-hydrogen) atoms. The first kappa shape index (κ1) is 15.2. The first-order valence-corrected chi connectivity index (χ1v) is 8.65. The molecule has 0 bridgehead atoms. The number of nitrogens with zero attached hydrogens (tertiary/aromatic N) is 2. The number of piperidine rings is 1. The highest BCUT2D eigenvalue weighted by atomic mass is 16.2. The Kier molecular flexibility index (Phi) is 4.86. The van der Waals surface area contributed by atoms with Crippen molar-refractivity contribution in [2.75, 3.05) is 36.8 Å². The maximum atomic E-state index is 12.2. The van der Waals surface area contributed by atoms with Gasteiger partial charge in [-0.25, -0.2) is 0 Å². The minimum absolute atomic E-state index is 0.293. The molecular weight excluding hydrogens is 274 g/mol. The molecule has 0 atom stereocenters. The summed E-state index contributed by atoms with van der Waals surface area (Å²) in [6, 6.07) is 6.31. The molecule has 0 spiro atoms. The van der Waals surface area contributed by atoms with Crippen molar-refractivity contribution in [2.24, 2.45) is 0 Å². The van der Waals surface area contributed by atoms with E-state index in [1.807, 2.05) is 4.90 Å². The van der Waals surface area contributed by atoms with Gasteiger partial charge in [-0.2, -0.15) is 0 Å². The fourth-order valence-corrected chi connectivity index (χ4v) is 3.56. The number of carbonyl (C=O) groups excluding carboxylic acids is 1. The summed E-state index contributed by atoms with van der Waals surface area (Å²) < 4.78 is 0. The van der Waals surface area contributed by atoms with Gasteiger partial charge in [-0.15, -0.1) is 0 Å². The molecule has 3 rings (SSSR count). The van der Waals surface area contributed by atoms with Crippen LogP contribution < -0.4 is 10.6 Å². The lowest BCUT2D eigenvalue weighted by Gasteiger charge is -2.26. The third-order valence-corrected chi connectivity index (χ3v) is 4.88. The Morgan fingerprint density at radius 3 is 2.36 bits per heavy atom. The van der Waals surface area contributed by atoms with E-state index in [0.29, 0.717) is 12.3 Å². The Hall–Kier alpha value is -1.71. The lowest BCUT2D eigenvalue weighted by atomic mass is 10.1.